The Hall–Kier alpha value is -1.21. The Morgan fingerprint density at radius 3 is 2.33 bits per heavy atom. The van der Waals surface area contributed by atoms with Crippen molar-refractivity contribution in [1.29, 1.82) is 0 Å². The lowest BCUT2D eigenvalue weighted by atomic mass is 10.2. The first-order chi connectivity index (χ1) is 6.41. The Morgan fingerprint density at radius 1 is 1.33 bits per heavy atom. The summed E-state index contributed by atoms with van der Waals surface area (Å²) in [6, 6.07) is 2.92. The lowest BCUT2D eigenvalue weighted by molar-refractivity contribution is -0.170. The summed E-state index contributed by atoms with van der Waals surface area (Å²) < 4.78 is 35.3. The van der Waals surface area contributed by atoms with Gasteiger partial charge in [-0.2, -0.15) is 13.2 Å². The van der Waals surface area contributed by atoms with Gasteiger partial charge in [-0.05, 0) is 11.4 Å². The number of halogens is 3. The number of carbonyl (C=O) groups excluding carboxylic acids is 2. The third kappa shape index (κ3) is 3.80. The molecule has 0 fully saturated rings. The van der Waals surface area contributed by atoms with Crippen LogP contribution in [0.5, 0.6) is 0 Å². The highest BCUT2D eigenvalue weighted by Gasteiger charge is 2.39. The van der Waals surface area contributed by atoms with Gasteiger partial charge in [-0.1, -0.05) is 6.07 Å². The average molecular weight is 240 g/mol. The molecule has 0 atom stereocenters. The molecule has 0 radical (unpaired) electrons. The van der Waals surface area contributed by atoms with Crippen LogP contribution < -0.4 is 0 Å². The minimum Gasteiger partial charge on any atom is -0.412 e. The molecule has 2 N–H and O–H groups in total. The third-order valence-electron chi connectivity index (χ3n) is 1.43. The van der Waals surface area contributed by atoms with E-state index in [1.54, 1.807) is 5.38 Å². The minimum absolute atomic E-state index is 0. The minimum atomic E-state index is -4.92. The first kappa shape index (κ1) is 13.8. The Kier molecular flexibility index (Phi) is 4.63. The molecule has 0 aliphatic carbocycles. The second-order valence-electron chi connectivity index (χ2n) is 2.50. The van der Waals surface area contributed by atoms with Gasteiger partial charge in [-0.15, -0.1) is 11.3 Å². The van der Waals surface area contributed by atoms with Gasteiger partial charge in [0.2, 0.25) is 5.78 Å². The fourth-order valence-corrected chi connectivity index (χ4v) is 1.43. The van der Waals surface area contributed by atoms with Crippen LogP contribution in [0.1, 0.15) is 16.1 Å². The molecular weight excluding hydrogens is 233 g/mol. The predicted molar refractivity (Wildman–Crippen MR) is 47.9 cm³/mol. The summed E-state index contributed by atoms with van der Waals surface area (Å²) in [6.45, 7) is 0. The molecule has 0 amide bonds. The van der Waals surface area contributed by atoms with Crippen LogP contribution in [0.4, 0.5) is 13.2 Å². The van der Waals surface area contributed by atoms with Crippen LogP contribution in [0.2, 0.25) is 0 Å². The first-order valence-corrected chi connectivity index (χ1v) is 4.46. The van der Waals surface area contributed by atoms with Crippen LogP contribution >= 0.6 is 11.3 Å². The number of hydrogen-bond acceptors (Lipinski definition) is 3. The van der Waals surface area contributed by atoms with Gasteiger partial charge in [0.15, 0.2) is 5.78 Å². The second kappa shape index (κ2) is 5.04. The van der Waals surface area contributed by atoms with E-state index in [1.165, 1.54) is 12.1 Å². The quantitative estimate of drug-likeness (QED) is 0.595. The van der Waals surface area contributed by atoms with Gasteiger partial charge in [0, 0.05) is 0 Å². The molecule has 0 saturated carbocycles. The van der Waals surface area contributed by atoms with Crippen molar-refractivity contribution in [2.75, 3.05) is 0 Å². The zero-order chi connectivity index (χ0) is 10.8. The number of carbonyl (C=O) groups is 2. The van der Waals surface area contributed by atoms with E-state index in [0.29, 0.717) is 0 Å². The molecule has 84 valence electrons. The van der Waals surface area contributed by atoms with Crippen molar-refractivity contribution in [2.45, 2.75) is 12.6 Å². The molecule has 1 rings (SSSR count). The first-order valence-electron chi connectivity index (χ1n) is 3.58. The lowest BCUT2D eigenvalue weighted by Gasteiger charge is -2.02. The number of ketones is 2. The molecule has 0 unspecified atom stereocenters. The monoisotopic (exact) mass is 240 g/mol. The van der Waals surface area contributed by atoms with Crippen molar-refractivity contribution in [1.82, 2.24) is 0 Å². The normalized spacial score (nSPS) is 10.6. The summed E-state index contributed by atoms with van der Waals surface area (Å²) in [5.74, 6) is -2.79. The van der Waals surface area contributed by atoms with E-state index in [-0.39, 0.29) is 10.4 Å². The van der Waals surface area contributed by atoms with Crippen molar-refractivity contribution < 1.29 is 28.2 Å². The van der Waals surface area contributed by atoms with Gasteiger partial charge >= 0.3 is 6.18 Å². The molecule has 0 spiro atoms. The molecule has 1 heterocycles. The maximum Gasteiger partial charge on any atom is 0.450 e. The van der Waals surface area contributed by atoms with Crippen molar-refractivity contribution in [3.63, 3.8) is 0 Å². The summed E-state index contributed by atoms with van der Waals surface area (Å²) in [5.41, 5.74) is 0. The van der Waals surface area contributed by atoms with Gasteiger partial charge in [0.05, 0.1) is 11.3 Å². The van der Waals surface area contributed by atoms with Crippen LogP contribution in [-0.2, 0) is 4.79 Å². The predicted octanol–water partition coefficient (Wildman–Crippen LogP) is 1.63. The molecule has 7 heteroatoms. The number of alkyl halides is 3. The van der Waals surface area contributed by atoms with Crippen molar-refractivity contribution in [3.8, 4) is 0 Å². The molecule has 1 aromatic rings. The van der Waals surface area contributed by atoms with Crippen molar-refractivity contribution >= 4 is 22.9 Å². The molecular formula is C8H7F3O3S. The smallest absolute Gasteiger partial charge is 0.412 e. The molecule has 0 aromatic carbocycles. The number of rotatable bonds is 3. The molecule has 0 aliphatic rings. The summed E-state index contributed by atoms with van der Waals surface area (Å²) in [5, 5.41) is 1.56. The number of thiophene rings is 1. The highest BCUT2D eigenvalue weighted by Crippen LogP contribution is 2.20. The molecule has 0 bridgehead atoms. The van der Waals surface area contributed by atoms with Gasteiger partial charge in [0.25, 0.3) is 0 Å². The van der Waals surface area contributed by atoms with Gasteiger partial charge in [-0.25, -0.2) is 0 Å². The van der Waals surface area contributed by atoms with Crippen molar-refractivity contribution in [3.05, 3.63) is 22.4 Å². The third-order valence-corrected chi connectivity index (χ3v) is 2.34. The molecule has 1 aromatic heterocycles. The maximum absolute atomic E-state index is 11.8. The Labute approximate surface area is 86.8 Å². The van der Waals surface area contributed by atoms with E-state index in [1.807, 2.05) is 0 Å². The molecule has 15 heavy (non-hydrogen) atoms. The van der Waals surface area contributed by atoms with E-state index in [2.05, 4.69) is 0 Å². The van der Waals surface area contributed by atoms with E-state index in [9.17, 15) is 22.8 Å². The maximum atomic E-state index is 11.8. The molecule has 0 aliphatic heterocycles. The van der Waals surface area contributed by atoms with Crippen LogP contribution in [0.3, 0.4) is 0 Å². The SMILES string of the molecule is O.O=C(CC(=O)C(F)(F)F)c1cccs1. The van der Waals surface area contributed by atoms with Crippen molar-refractivity contribution in [2.24, 2.45) is 0 Å². The summed E-state index contributed by atoms with van der Waals surface area (Å²) in [7, 11) is 0. The van der Waals surface area contributed by atoms with Gasteiger partial charge in [0.1, 0.15) is 0 Å². The van der Waals surface area contributed by atoms with Crippen LogP contribution in [0.15, 0.2) is 17.5 Å². The highest BCUT2D eigenvalue weighted by molar-refractivity contribution is 7.12. The average Bonchev–Trinajstić information content (AvgIpc) is 2.53. The largest absolute Gasteiger partial charge is 0.450 e. The standard InChI is InChI=1S/C8H5F3O2S.H2O/c9-8(10,11)7(13)4-5(12)6-2-1-3-14-6;/h1-3H,4H2;1H2. The van der Waals surface area contributed by atoms with Gasteiger partial charge < -0.3 is 5.48 Å². The van der Waals surface area contributed by atoms with E-state index >= 15 is 0 Å². The fourth-order valence-electron chi connectivity index (χ4n) is 0.770. The second-order valence-corrected chi connectivity index (χ2v) is 3.45. The Balaban J connectivity index is 0.00000196. The molecule has 3 nitrogen and oxygen atoms in total. The lowest BCUT2D eigenvalue weighted by Crippen LogP contribution is -2.25. The number of hydrogen-bond donors (Lipinski definition) is 0. The number of Topliss-reactive ketones (excluding diaryl/α,β-unsaturated/α-hetero) is 2. The highest BCUT2D eigenvalue weighted by atomic mass is 32.1. The zero-order valence-electron chi connectivity index (χ0n) is 7.30. The summed E-state index contributed by atoms with van der Waals surface area (Å²) in [6.07, 6.45) is -6.03. The topological polar surface area (TPSA) is 65.6 Å². The van der Waals surface area contributed by atoms with Crippen LogP contribution in [-0.4, -0.2) is 23.2 Å². The zero-order valence-corrected chi connectivity index (χ0v) is 8.11. The Bertz CT molecular complexity index is 343. The summed E-state index contributed by atoms with van der Waals surface area (Å²) in [4.78, 5) is 21.7. The fraction of sp³-hybridized carbons (Fsp3) is 0.250. The molecule has 0 saturated heterocycles. The van der Waals surface area contributed by atoms with Gasteiger partial charge in [-0.3, -0.25) is 9.59 Å². The van der Waals surface area contributed by atoms with Crippen LogP contribution in [0.25, 0.3) is 0 Å². The summed E-state index contributed by atoms with van der Waals surface area (Å²) >= 11 is 1.01. The van der Waals surface area contributed by atoms with E-state index < -0.39 is 24.2 Å². The Morgan fingerprint density at radius 2 is 1.93 bits per heavy atom. The van der Waals surface area contributed by atoms with E-state index in [4.69, 9.17) is 0 Å². The van der Waals surface area contributed by atoms with Crippen LogP contribution in [0, 0.1) is 0 Å². The van der Waals surface area contributed by atoms with E-state index in [0.717, 1.165) is 11.3 Å².